The summed E-state index contributed by atoms with van der Waals surface area (Å²) in [6.07, 6.45) is -0.618. The zero-order chi connectivity index (χ0) is 15.3. The van der Waals surface area contributed by atoms with Gasteiger partial charge in [0.25, 0.3) is 5.91 Å². The van der Waals surface area contributed by atoms with E-state index in [1.165, 1.54) is 0 Å². The van der Waals surface area contributed by atoms with Crippen LogP contribution in [0.1, 0.15) is 16.8 Å². The highest BCUT2D eigenvalue weighted by Gasteiger charge is 2.22. The zero-order valence-corrected chi connectivity index (χ0v) is 10.9. The van der Waals surface area contributed by atoms with Gasteiger partial charge in [-0.15, -0.1) is 0 Å². The molecule has 0 aromatic heterocycles. The van der Waals surface area contributed by atoms with Gasteiger partial charge in [0.2, 0.25) is 0 Å². The van der Waals surface area contributed by atoms with E-state index in [2.05, 4.69) is 5.32 Å². The number of carbonyl (C=O) groups excluding carboxylic acids is 1. The molecule has 1 aromatic carbocycles. The van der Waals surface area contributed by atoms with Gasteiger partial charge in [-0.05, 0) is 18.2 Å². The molecule has 0 saturated carbocycles. The molecule has 1 amide bonds. The highest BCUT2D eigenvalue weighted by atomic mass is 35.5. The van der Waals surface area contributed by atoms with E-state index in [-0.39, 0.29) is 17.1 Å². The molecule has 0 aliphatic rings. The number of amides is 1. The van der Waals surface area contributed by atoms with Gasteiger partial charge in [-0.3, -0.25) is 14.4 Å². The third-order valence-electron chi connectivity index (χ3n) is 2.46. The number of benzene rings is 1. The van der Waals surface area contributed by atoms with Gasteiger partial charge in [0.05, 0.1) is 22.9 Å². The molecular weight excluding hydrogens is 293 g/mol. The first-order valence-electron chi connectivity index (χ1n) is 5.49. The average Bonchev–Trinajstić information content (AvgIpc) is 2.33. The molecule has 0 bridgehead atoms. The Morgan fingerprint density at radius 1 is 1.30 bits per heavy atom. The van der Waals surface area contributed by atoms with Gasteiger partial charge in [-0.1, -0.05) is 11.6 Å². The molecule has 6 nitrogen and oxygen atoms in total. The van der Waals surface area contributed by atoms with Crippen molar-refractivity contribution in [1.29, 1.82) is 0 Å². The Morgan fingerprint density at radius 3 is 2.45 bits per heavy atom. The Balaban J connectivity index is 2.70. The zero-order valence-electron chi connectivity index (χ0n) is 10.1. The normalized spacial score (nSPS) is 11.7. The number of carbonyl (C=O) groups is 3. The summed E-state index contributed by atoms with van der Waals surface area (Å²) < 4.78 is 12.8. The number of hydrogen-bond donors (Lipinski definition) is 3. The monoisotopic (exact) mass is 303 g/mol. The molecule has 20 heavy (non-hydrogen) atoms. The van der Waals surface area contributed by atoms with Gasteiger partial charge in [0, 0.05) is 6.54 Å². The first kappa shape index (κ1) is 15.9. The van der Waals surface area contributed by atoms with Gasteiger partial charge in [0.15, 0.2) is 0 Å². The van der Waals surface area contributed by atoms with E-state index in [1.807, 2.05) is 0 Å². The largest absolute Gasteiger partial charge is 0.481 e. The second-order valence-corrected chi connectivity index (χ2v) is 4.37. The lowest BCUT2D eigenvalue weighted by atomic mass is 10.1. The van der Waals surface area contributed by atoms with Crippen molar-refractivity contribution in [3.05, 3.63) is 34.6 Å². The van der Waals surface area contributed by atoms with Gasteiger partial charge in [0.1, 0.15) is 5.82 Å². The fourth-order valence-corrected chi connectivity index (χ4v) is 1.70. The smallest absolute Gasteiger partial charge is 0.308 e. The summed E-state index contributed by atoms with van der Waals surface area (Å²) >= 11 is 5.68. The van der Waals surface area contributed by atoms with Crippen LogP contribution in [0.3, 0.4) is 0 Å². The molecule has 0 aliphatic heterocycles. The molecule has 0 radical (unpaired) electrons. The maximum absolute atomic E-state index is 12.8. The molecule has 3 N–H and O–H groups in total. The Hall–Kier alpha value is -2.15. The minimum absolute atomic E-state index is 0.0208. The van der Waals surface area contributed by atoms with Crippen LogP contribution in [0.5, 0.6) is 0 Å². The number of hydrogen-bond acceptors (Lipinski definition) is 3. The predicted molar refractivity (Wildman–Crippen MR) is 67.1 cm³/mol. The minimum atomic E-state index is -1.34. The maximum Gasteiger partial charge on any atom is 0.308 e. The quantitative estimate of drug-likeness (QED) is 0.736. The fourth-order valence-electron chi connectivity index (χ4n) is 1.44. The van der Waals surface area contributed by atoms with E-state index in [0.29, 0.717) is 0 Å². The third-order valence-corrected chi connectivity index (χ3v) is 2.77. The number of rotatable bonds is 6. The van der Waals surface area contributed by atoms with Crippen molar-refractivity contribution in [2.45, 2.75) is 6.42 Å². The van der Waals surface area contributed by atoms with Crippen LogP contribution >= 0.6 is 11.6 Å². The highest BCUT2D eigenvalue weighted by Crippen LogP contribution is 2.17. The van der Waals surface area contributed by atoms with Crippen molar-refractivity contribution in [1.82, 2.24) is 5.32 Å². The van der Waals surface area contributed by atoms with Crippen LogP contribution in [0, 0.1) is 11.7 Å². The number of carboxylic acids is 2. The molecule has 0 saturated heterocycles. The molecule has 1 aromatic rings. The van der Waals surface area contributed by atoms with Crippen LogP contribution < -0.4 is 5.32 Å². The Labute approximate surface area is 118 Å². The Kier molecular flexibility index (Phi) is 5.45. The summed E-state index contributed by atoms with van der Waals surface area (Å²) in [5.74, 6) is -5.19. The van der Waals surface area contributed by atoms with Crippen molar-refractivity contribution in [3.63, 3.8) is 0 Å². The van der Waals surface area contributed by atoms with E-state index >= 15 is 0 Å². The van der Waals surface area contributed by atoms with Crippen LogP contribution in [0.2, 0.25) is 5.02 Å². The second kappa shape index (κ2) is 6.85. The van der Waals surface area contributed by atoms with E-state index in [4.69, 9.17) is 21.8 Å². The molecule has 0 fully saturated rings. The van der Waals surface area contributed by atoms with Crippen molar-refractivity contribution in [2.24, 2.45) is 5.92 Å². The predicted octanol–water partition coefficient (Wildman–Crippen LogP) is 1.38. The minimum Gasteiger partial charge on any atom is -0.481 e. The van der Waals surface area contributed by atoms with E-state index < -0.39 is 36.0 Å². The van der Waals surface area contributed by atoms with Crippen LogP contribution in [0.25, 0.3) is 0 Å². The molecule has 0 spiro atoms. The summed E-state index contributed by atoms with van der Waals surface area (Å²) in [7, 11) is 0. The van der Waals surface area contributed by atoms with Crippen LogP contribution in [-0.4, -0.2) is 34.6 Å². The maximum atomic E-state index is 12.8. The lowest BCUT2D eigenvalue weighted by Crippen LogP contribution is -2.34. The first-order valence-corrected chi connectivity index (χ1v) is 5.87. The first-order chi connectivity index (χ1) is 9.31. The van der Waals surface area contributed by atoms with Crippen LogP contribution in [-0.2, 0) is 9.59 Å². The third kappa shape index (κ3) is 4.51. The van der Waals surface area contributed by atoms with E-state index in [1.54, 1.807) is 0 Å². The standard InChI is InChI=1S/C12H11ClFNO5/c13-9-4-7(14)1-2-8(9)11(18)15-5-6(12(19)20)3-10(16)17/h1-2,4,6H,3,5H2,(H,15,18)(H,16,17)(H,19,20). The van der Waals surface area contributed by atoms with Gasteiger partial charge in [-0.2, -0.15) is 0 Å². The van der Waals surface area contributed by atoms with Crippen molar-refractivity contribution >= 4 is 29.4 Å². The summed E-state index contributed by atoms with van der Waals surface area (Å²) in [5, 5.41) is 19.5. The molecule has 1 atom stereocenters. The average molecular weight is 304 g/mol. The van der Waals surface area contributed by atoms with E-state index in [9.17, 15) is 18.8 Å². The summed E-state index contributed by atoms with van der Waals surface area (Å²) in [6.45, 7) is -0.367. The second-order valence-electron chi connectivity index (χ2n) is 3.97. The van der Waals surface area contributed by atoms with Crippen LogP contribution in [0.15, 0.2) is 18.2 Å². The molecule has 1 unspecified atom stereocenters. The molecule has 0 aliphatic carbocycles. The number of carboxylic acid groups (broad SMARTS) is 2. The number of nitrogens with one attached hydrogen (secondary N) is 1. The highest BCUT2D eigenvalue weighted by molar-refractivity contribution is 6.33. The van der Waals surface area contributed by atoms with Gasteiger partial charge in [-0.25, -0.2) is 4.39 Å². The fraction of sp³-hybridized carbons (Fsp3) is 0.250. The van der Waals surface area contributed by atoms with E-state index in [0.717, 1.165) is 18.2 Å². The topological polar surface area (TPSA) is 104 Å². The number of halogens is 2. The van der Waals surface area contributed by atoms with Gasteiger partial charge >= 0.3 is 11.9 Å². The van der Waals surface area contributed by atoms with Gasteiger partial charge < -0.3 is 15.5 Å². The SMILES string of the molecule is O=C(O)CC(CNC(=O)c1ccc(F)cc1Cl)C(=O)O. The lowest BCUT2D eigenvalue weighted by Gasteiger charge is -2.11. The molecular formula is C12H11ClFNO5. The summed E-state index contributed by atoms with van der Waals surface area (Å²) in [5.41, 5.74) is -0.0208. The molecule has 0 heterocycles. The number of aliphatic carboxylic acids is 2. The Bertz CT molecular complexity index is 549. The summed E-state index contributed by atoms with van der Waals surface area (Å²) in [6, 6.07) is 3.13. The Morgan fingerprint density at radius 2 is 1.95 bits per heavy atom. The molecule has 8 heteroatoms. The van der Waals surface area contributed by atoms with Crippen molar-refractivity contribution in [2.75, 3.05) is 6.54 Å². The molecule has 108 valence electrons. The van der Waals surface area contributed by atoms with Crippen molar-refractivity contribution < 1.29 is 29.0 Å². The lowest BCUT2D eigenvalue weighted by molar-refractivity contribution is -0.148. The molecule has 1 rings (SSSR count). The van der Waals surface area contributed by atoms with Crippen LogP contribution in [0.4, 0.5) is 4.39 Å². The summed E-state index contributed by atoms with van der Waals surface area (Å²) in [4.78, 5) is 33.0. The van der Waals surface area contributed by atoms with Crippen molar-refractivity contribution in [3.8, 4) is 0 Å².